The predicted octanol–water partition coefficient (Wildman–Crippen LogP) is 7.05. The second kappa shape index (κ2) is 37.8. The van der Waals surface area contributed by atoms with Gasteiger partial charge in [-0.15, -0.1) is 0 Å². The Morgan fingerprint density at radius 3 is 1.77 bits per heavy atom. The summed E-state index contributed by atoms with van der Waals surface area (Å²) in [7, 11) is 1.45. The van der Waals surface area contributed by atoms with Gasteiger partial charge in [0.15, 0.2) is 25.0 Å². The van der Waals surface area contributed by atoms with Gasteiger partial charge in [-0.2, -0.15) is 0 Å². The largest absolute Gasteiger partial charge is 0.497 e. The van der Waals surface area contributed by atoms with Crippen LogP contribution in [-0.4, -0.2) is 204 Å². The minimum Gasteiger partial charge on any atom is -0.497 e. The minimum absolute atomic E-state index is 0.00192. The zero-order valence-electron chi connectivity index (χ0n) is 54.7. The summed E-state index contributed by atoms with van der Waals surface area (Å²) in [6, 6.07) is 33.7. The molecule has 3 aliphatic heterocycles. The number of alkyl carbamates (subject to hydrolysis) is 1. The number of aliphatic hydroxyl groups excluding tert-OH is 5. The Morgan fingerprint density at radius 1 is 0.594 bits per heavy atom. The van der Waals surface area contributed by atoms with Crippen LogP contribution in [0.1, 0.15) is 47.6 Å². The number of hydrogen-bond donors (Lipinski definition) is 7. The standard InChI is InChI=1S/C66H78FN15O19/c1-37(82(31-38-15-7-3-8-16-38)66(90)95-36-41-21-13-6-14-22-41)46-28-27-45(76-80-70)62(96-46)100-59-51(75-65(89)94-35-40-19-11-5-12-20-40)58(93-33-39-17-9-4-10-18-39)49(74-61(88)56(44(67)29-72-78-68)92-34-42-23-25-43(91-2)26-24-42)54(86)60(59)101-64-55(87)57(48(32-83)98-64)99-63-50(77-81-71)53(85)52(84)47(97-63)30-73-79-69/h3-26,37,44-60,62-64,83-87H,27-36H2,1-2H3,(H,74,88)(H,75,89)/t37-,44+,45+,46-,47-,48+,49-,50+,51-,52+,53+,54-,55+,56-,57+,58+,59+,60+,62+,63+,64-/m0/s1. The molecule has 21 atom stereocenters. The molecule has 5 aromatic carbocycles. The number of ether oxygens (including phenoxy) is 11. The monoisotopic (exact) mass is 1400 g/mol. The van der Waals surface area contributed by atoms with Crippen molar-refractivity contribution < 1.29 is 96.4 Å². The van der Waals surface area contributed by atoms with Crippen LogP contribution in [-0.2, 0) is 85.1 Å². The first-order valence-electron chi connectivity index (χ1n) is 32.3. The highest BCUT2D eigenvalue weighted by Crippen LogP contribution is 2.39. The first kappa shape index (κ1) is 75.8. The van der Waals surface area contributed by atoms with Crippen molar-refractivity contribution in [2.24, 2.45) is 20.5 Å². The number of alkyl halides is 1. The van der Waals surface area contributed by atoms with Gasteiger partial charge in [0.25, 0.3) is 5.91 Å². The summed E-state index contributed by atoms with van der Waals surface area (Å²) in [6.07, 6.45) is -31.9. The summed E-state index contributed by atoms with van der Waals surface area (Å²) >= 11 is 0. The van der Waals surface area contributed by atoms with E-state index in [9.17, 15) is 51.7 Å². The lowest BCUT2D eigenvalue weighted by molar-refractivity contribution is -0.303. The Kier molecular flexibility index (Phi) is 28.4. The number of nitrogens with zero attached hydrogens (tertiary/aromatic N) is 13. The van der Waals surface area contributed by atoms with Gasteiger partial charge < -0.3 is 88.3 Å². The van der Waals surface area contributed by atoms with Crippen molar-refractivity contribution in [3.63, 3.8) is 0 Å². The number of carbonyl (C=O) groups is 3. The Bertz CT molecular complexity index is 3650. The fourth-order valence-electron chi connectivity index (χ4n) is 12.1. The molecule has 3 heterocycles. The summed E-state index contributed by atoms with van der Waals surface area (Å²) in [5, 5.41) is 78.7. The second-order valence-electron chi connectivity index (χ2n) is 24.0. The number of halogens is 1. The number of amides is 3. The van der Waals surface area contributed by atoms with Crippen molar-refractivity contribution in [2.75, 3.05) is 26.8 Å². The molecule has 3 saturated heterocycles. The average Bonchev–Trinajstić information content (AvgIpc) is 1.66. The molecule has 7 N–H and O–H groups in total. The van der Waals surface area contributed by atoms with E-state index in [1.54, 1.807) is 128 Å². The molecular formula is C66H78FN15O19. The van der Waals surface area contributed by atoms with E-state index in [1.165, 1.54) is 12.0 Å². The highest BCUT2D eigenvalue weighted by Gasteiger charge is 2.59. The molecule has 0 radical (unpaired) electrons. The number of azide groups is 4. The Morgan fingerprint density at radius 2 is 1.17 bits per heavy atom. The number of methoxy groups -OCH3 is 1. The van der Waals surface area contributed by atoms with E-state index in [0.717, 1.165) is 0 Å². The average molecular weight is 1400 g/mol. The molecule has 1 aliphatic carbocycles. The van der Waals surface area contributed by atoms with E-state index in [0.29, 0.717) is 33.6 Å². The number of nitrogens with one attached hydrogen (secondary N) is 2. The number of hydrogen-bond acceptors (Lipinski definition) is 23. The van der Waals surface area contributed by atoms with E-state index in [4.69, 9.17) is 57.6 Å². The predicted molar refractivity (Wildman–Crippen MR) is 350 cm³/mol. The van der Waals surface area contributed by atoms with Gasteiger partial charge in [-0.05, 0) is 81.8 Å². The SMILES string of the molecule is COc1ccc(CO[C@H](C(=O)N[C@H]2[C@H](O)[C@@H](O[C@@H]3O[C@H](CO)[C@@H](O[C@H]4O[C@@H](CN=[N+]=[N-])[C@@H](O)[C@H](O)[C@H]4N=[N+]=[N-])[C@H]3O)[C@H](O[C@H]3O[C@H]([C@H](C)N(Cc4ccccc4)C(=O)OCc4ccccc4)CC[C@H]3N=[N+]=[N-])[C@@H](NC(=O)OCc3ccccc3)[C@@H]2OCc2ccccc2)[C@H](F)CN=[N+]=[N-])cc1. The van der Waals surface area contributed by atoms with Crippen LogP contribution in [0.15, 0.2) is 166 Å². The number of rotatable bonds is 32. The molecule has 3 amide bonds. The smallest absolute Gasteiger partial charge is 0.410 e. The van der Waals surface area contributed by atoms with Gasteiger partial charge in [0.2, 0.25) is 0 Å². The lowest BCUT2D eigenvalue weighted by Gasteiger charge is -2.51. The van der Waals surface area contributed by atoms with Crippen LogP contribution in [0.2, 0.25) is 0 Å². The molecule has 9 rings (SSSR count). The zero-order chi connectivity index (χ0) is 71.8. The van der Waals surface area contributed by atoms with E-state index in [-0.39, 0.29) is 39.2 Å². The Labute approximate surface area is 577 Å². The van der Waals surface area contributed by atoms with Crippen molar-refractivity contribution >= 4 is 18.1 Å². The summed E-state index contributed by atoms with van der Waals surface area (Å²) in [4.78, 5) is 57.0. The second-order valence-corrected chi connectivity index (χ2v) is 24.0. The first-order valence-corrected chi connectivity index (χ1v) is 32.3. The van der Waals surface area contributed by atoms with Gasteiger partial charge >= 0.3 is 12.2 Å². The maximum absolute atomic E-state index is 16.7. The quantitative estimate of drug-likeness (QED) is 0.0129. The van der Waals surface area contributed by atoms with Crippen molar-refractivity contribution in [2.45, 2.75) is 181 Å². The van der Waals surface area contributed by atoms with Gasteiger partial charge in [-0.25, -0.2) is 14.0 Å². The number of carbonyl (C=O) groups excluding carboxylic acids is 3. The molecule has 35 heteroatoms. The van der Waals surface area contributed by atoms with Crippen LogP contribution in [0.4, 0.5) is 14.0 Å². The lowest BCUT2D eigenvalue weighted by Crippen LogP contribution is -2.75. The van der Waals surface area contributed by atoms with Crippen molar-refractivity contribution in [1.29, 1.82) is 0 Å². The Balaban J connectivity index is 1.15. The molecule has 5 aromatic rings. The third-order valence-corrected chi connectivity index (χ3v) is 17.4. The van der Waals surface area contributed by atoms with Crippen LogP contribution in [0, 0.1) is 0 Å². The van der Waals surface area contributed by atoms with E-state index >= 15 is 9.18 Å². The summed E-state index contributed by atoms with van der Waals surface area (Å²) in [5.41, 5.74) is 41.1. The zero-order valence-corrected chi connectivity index (χ0v) is 54.7. The molecule has 538 valence electrons. The van der Waals surface area contributed by atoms with Crippen LogP contribution in [0.25, 0.3) is 41.8 Å². The maximum atomic E-state index is 16.7. The van der Waals surface area contributed by atoms with Gasteiger partial charge in [-0.1, -0.05) is 154 Å². The van der Waals surface area contributed by atoms with Crippen LogP contribution < -0.4 is 15.4 Å². The van der Waals surface area contributed by atoms with Crippen molar-refractivity contribution in [3.8, 4) is 5.75 Å². The summed E-state index contributed by atoms with van der Waals surface area (Å²) in [6.45, 7) is -1.96. The third-order valence-electron chi connectivity index (χ3n) is 17.4. The number of aliphatic hydroxyl groups is 5. The molecular weight excluding hydrogens is 1330 g/mol. The highest BCUT2D eigenvalue weighted by molar-refractivity contribution is 5.82. The van der Waals surface area contributed by atoms with E-state index in [2.05, 4.69) is 50.7 Å². The topological polar surface area (TPSA) is 476 Å². The maximum Gasteiger partial charge on any atom is 0.410 e. The number of benzene rings is 5. The normalized spacial score (nSPS) is 28.5. The van der Waals surface area contributed by atoms with E-state index < -0.39 is 173 Å². The summed E-state index contributed by atoms with van der Waals surface area (Å²) < 4.78 is 85.1. The molecule has 101 heavy (non-hydrogen) atoms. The fraction of sp³-hybridized carbons (Fsp3) is 0.500. The molecule has 0 bridgehead atoms. The van der Waals surface area contributed by atoms with Gasteiger partial charge in [-0.3, -0.25) is 9.69 Å². The molecule has 1 saturated carbocycles. The van der Waals surface area contributed by atoms with Gasteiger partial charge in [0, 0.05) is 26.2 Å². The molecule has 0 spiro atoms. The lowest BCUT2D eigenvalue weighted by atomic mass is 9.80. The molecule has 0 aromatic heterocycles. The third kappa shape index (κ3) is 20.2. The van der Waals surface area contributed by atoms with E-state index in [1.807, 2.05) is 24.3 Å². The van der Waals surface area contributed by atoms with Crippen LogP contribution in [0.5, 0.6) is 5.75 Å². The fourth-order valence-corrected chi connectivity index (χ4v) is 12.1. The molecule has 34 nitrogen and oxygen atoms in total. The van der Waals surface area contributed by atoms with Crippen molar-refractivity contribution in [1.82, 2.24) is 15.5 Å². The Hall–Kier alpha value is -9.44. The highest BCUT2D eigenvalue weighted by atomic mass is 19.1. The minimum atomic E-state index is -2.37. The summed E-state index contributed by atoms with van der Waals surface area (Å²) in [5.74, 6) is -0.814. The van der Waals surface area contributed by atoms with Gasteiger partial charge in [0.05, 0.1) is 82.5 Å². The molecule has 4 aliphatic rings. The molecule has 0 unspecified atom stereocenters. The van der Waals surface area contributed by atoms with Crippen molar-refractivity contribution in [3.05, 3.63) is 215 Å². The van der Waals surface area contributed by atoms with Crippen LogP contribution >= 0.6 is 0 Å². The van der Waals surface area contributed by atoms with Crippen LogP contribution in [0.3, 0.4) is 0 Å². The first-order chi connectivity index (χ1) is 49.1. The van der Waals surface area contributed by atoms with Gasteiger partial charge in [0.1, 0.15) is 80.0 Å². The molecule has 4 fully saturated rings.